The molecule has 1 amide bonds. The van der Waals surface area contributed by atoms with E-state index in [0.717, 1.165) is 30.4 Å². The summed E-state index contributed by atoms with van der Waals surface area (Å²) < 4.78 is 0. The molecule has 6 heteroatoms. The van der Waals surface area contributed by atoms with E-state index in [2.05, 4.69) is 45.9 Å². The zero-order valence-electron chi connectivity index (χ0n) is 16.9. The van der Waals surface area contributed by atoms with Crippen LogP contribution in [0.3, 0.4) is 0 Å². The molecular formula is C20H33N5O. The average Bonchev–Trinajstić information content (AvgIpc) is 3.11. The third-order valence-electron chi connectivity index (χ3n) is 6.15. The number of nitrogens with zero attached hydrogens (tertiary/aromatic N) is 4. The van der Waals surface area contributed by atoms with Crippen LogP contribution in [0.2, 0.25) is 0 Å². The molecule has 3 heterocycles. The predicted octanol–water partition coefficient (Wildman–Crippen LogP) is 2.48. The van der Waals surface area contributed by atoms with Crippen molar-refractivity contribution in [2.24, 2.45) is 11.3 Å². The molecule has 1 aromatic rings. The minimum absolute atomic E-state index is 0.235. The van der Waals surface area contributed by atoms with Crippen LogP contribution in [0.1, 0.15) is 56.3 Å². The Bertz CT molecular complexity index is 646. The first kappa shape index (κ1) is 19.1. The van der Waals surface area contributed by atoms with Gasteiger partial charge in [-0.1, -0.05) is 20.8 Å². The fourth-order valence-corrected chi connectivity index (χ4v) is 4.29. The van der Waals surface area contributed by atoms with Gasteiger partial charge in [-0.2, -0.15) is 0 Å². The van der Waals surface area contributed by atoms with Gasteiger partial charge >= 0.3 is 0 Å². The SMILES string of the molecule is CNC(=O)c1ncc(N2CCC(N3CCC(C(C)(C)C)C3)CC2)c(C)n1. The summed E-state index contributed by atoms with van der Waals surface area (Å²) in [6.45, 7) is 13.6. The third-order valence-corrected chi connectivity index (χ3v) is 6.15. The van der Waals surface area contributed by atoms with Crippen LogP contribution in [0.4, 0.5) is 5.69 Å². The van der Waals surface area contributed by atoms with E-state index in [0.29, 0.717) is 11.5 Å². The highest BCUT2D eigenvalue weighted by atomic mass is 16.2. The van der Waals surface area contributed by atoms with Crippen LogP contribution in [0.15, 0.2) is 6.20 Å². The lowest BCUT2D eigenvalue weighted by molar-refractivity contribution is 0.0952. The topological polar surface area (TPSA) is 61.4 Å². The number of piperidine rings is 1. The second kappa shape index (κ2) is 7.51. The van der Waals surface area contributed by atoms with Crippen LogP contribution >= 0.6 is 0 Å². The van der Waals surface area contributed by atoms with Crippen LogP contribution in [0, 0.1) is 18.3 Å². The second-order valence-corrected chi connectivity index (χ2v) is 8.81. The summed E-state index contributed by atoms with van der Waals surface area (Å²) >= 11 is 0. The lowest BCUT2D eigenvalue weighted by atomic mass is 9.80. The van der Waals surface area contributed by atoms with Gasteiger partial charge in [0.2, 0.25) is 5.82 Å². The number of aryl methyl sites for hydroxylation is 1. The van der Waals surface area contributed by atoms with Crippen molar-refractivity contribution >= 4 is 11.6 Å². The van der Waals surface area contributed by atoms with Crippen LogP contribution in [0.25, 0.3) is 0 Å². The molecule has 0 spiro atoms. The highest BCUT2D eigenvalue weighted by Gasteiger charge is 2.35. The van der Waals surface area contributed by atoms with Gasteiger partial charge in [0.15, 0.2) is 0 Å². The van der Waals surface area contributed by atoms with E-state index in [-0.39, 0.29) is 11.7 Å². The number of carbonyl (C=O) groups is 1. The van der Waals surface area contributed by atoms with Gasteiger partial charge in [0.1, 0.15) is 0 Å². The van der Waals surface area contributed by atoms with Crippen molar-refractivity contribution < 1.29 is 4.79 Å². The standard InChI is InChI=1S/C20H33N5O/c1-14-17(12-22-18(23-14)19(26)21-5)24-10-7-16(8-11-24)25-9-6-15(13-25)20(2,3)4/h12,15-16H,6-11,13H2,1-5H3,(H,21,26). The number of hydrogen-bond donors (Lipinski definition) is 1. The van der Waals surface area contributed by atoms with Crippen LogP contribution in [-0.2, 0) is 0 Å². The molecule has 1 N–H and O–H groups in total. The summed E-state index contributed by atoms with van der Waals surface area (Å²) in [4.78, 5) is 25.4. The third kappa shape index (κ3) is 4.00. The number of aromatic nitrogens is 2. The minimum atomic E-state index is -0.235. The van der Waals surface area contributed by atoms with Crippen molar-refractivity contribution in [3.63, 3.8) is 0 Å². The molecule has 2 aliphatic rings. The molecule has 0 aliphatic carbocycles. The van der Waals surface area contributed by atoms with E-state index in [4.69, 9.17) is 0 Å². The van der Waals surface area contributed by atoms with E-state index in [1.807, 2.05) is 6.92 Å². The fraction of sp³-hybridized carbons (Fsp3) is 0.750. The van der Waals surface area contributed by atoms with Crippen molar-refractivity contribution in [3.8, 4) is 0 Å². The summed E-state index contributed by atoms with van der Waals surface area (Å²) in [5.41, 5.74) is 2.35. The maximum atomic E-state index is 11.7. The Labute approximate surface area is 157 Å². The molecule has 3 rings (SSSR count). The molecule has 6 nitrogen and oxygen atoms in total. The Hall–Kier alpha value is -1.69. The van der Waals surface area contributed by atoms with E-state index in [1.165, 1.54) is 32.4 Å². The zero-order valence-corrected chi connectivity index (χ0v) is 16.9. The molecule has 1 unspecified atom stereocenters. The van der Waals surface area contributed by atoms with Crippen molar-refractivity contribution in [3.05, 3.63) is 17.7 Å². The van der Waals surface area contributed by atoms with E-state index in [1.54, 1.807) is 13.2 Å². The lowest BCUT2D eigenvalue weighted by Gasteiger charge is -2.38. The molecule has 1 aromatic heterocycles. The number of hydrogen-bond acceptors (Lipinski definition) is 5. The number of amides is 1. The smallest absolute Gasteiger partial charge is 0.288 e. The van der Waals surface area contributed by atoms with Crippen LogP contribution < -0.4 is 10.2 Å². The quantitative estimate of drug-likeness (QED) is 0.898. The Balaban J connectivity index is 1.58. The van der Waals surface area contributed by atoms with Gasteiger partial charge in [-0.25, -0.2) is 9.97 Å². The number of nitrogens with one attached hydrogen (secondary N) is 1. The molecule has 26 heavy (non-hydrogen) atoms. The van der Waals surface area contributed by atoms with Crippen LogP contribution in [0.5, 0.6) is 0 Å². The van der Waals surface area contributed by atoms with Gasteiger partial charge in [-0.15, -0.1) is 0 Å². The van der Waals surface area contributed by atoms with Crippen molar-refractivity contribution in [2.75, 3.05) is 38.1 Å². The minimum Gasteiger partial charge on any atom is -0.369 e. The average molecular weight is 360 g/mol. The normalized spacial score (nSPS) is 22.7. The molecule has 0 aromatic carbocycles. The molecule has 2 fully saturated rings. The first-order valence-electron chi connectivity index (χ1n) is 9.84. The van der Waals surface area contributed by atoms with Crippen molar-refractivity contribution in [1.29, 1.82) is 0 Å². The van der Waals surface area contributed by atoms with E-state index in [9.17, 15) is 4.79 Å². The van der Waals surface area contributed by atoms with Crippen molar-refractivity contribution in [1.82, 2.24) is 20.2 Å². The summed E-state index contributed by atoms with van der Waals surface area (Å²) in [6, 6.07) is 0.699. The van der Waals surface area contributed by atoms with E-state index < -0.39 is 0 Å². The zero-order chi connectivity index (χ0) is 18.9. The van der Waals surface area contributed by atoms with Gasteiger partial charge in [0.25, 0.3) is 5.91 Å². The Morgan fingerprint density at radius 3 is 2.42 bits per heavy atom. The maximum Gasteiger partial charge on any atom is 0.288 e. The monoisotopic (exact) mass is 359 g/mol. The Morgan fingerprint density at radius 1 is 1.19 bits per heavy atom. The molecule has 144 valence electrons. The number of carbonyl (C=O) groups excluding carboxylic acids is 1. The number of rotatable bonds is 3. The summed E-state index contributed by atoms with van der Waals surface area (Å²) in [7, 11) is 1.60. The molecule has 1 atom stereocenters. The van der Waals surface area contributed by atoms with Gasteiger partial charge in [-0.05, 0) is 44.1 Å². The maximum absolute atomic E-state index is 11.7. The van der Waals surface area contributed by atoms with Gasteiger partial charge < -0.3 is 10.2 Å². The second-order valence-electron chi connectivity index (χ2n) is 8.81. The highest BCUT2D eigenvalue weighted by Crippen LogP contribution is 2.36. The van der Waals surface area contributed by atoms with Gasteiger partial charge in [-0.3, -0.25) is 9.69 Å². The Morgan fingerprint density at radius 2 is 1.88 bits per heavy atom. The summed E-state index contributed by atoms with van der Waals surface area (Å²) in [5, 5.41) is 2.58. The fourth-order valence-electron chi connectivity index (χ4n) is 4.29. The van der Waals surface area contributed by atoms with Crippen LogP contribution in [-0.4, -0.2) is 60.0 Å². The molecular weight excluding hydrogens is 326 g/mol. The molecule has 0 radical (unpaired) electrons. The molecule has 2 saturated heterocycles. The number of likely N-dealkylation sites (tertiary alicyclic amines) is 1. The highest BCUT2D eigenvalue weighted by molar-refractivity contribution is 5.90. The largest absolute Gasteiger partial charge is 0.369 e. The van der Waals surface area contributed by atoms with Gasteiger partial charge in [0, 0.05) is 32.7 Å². The summed E-state index contributed by atoms with van der Waals surface area (Å²) in [5.74, 6) is 0.822. The van der Waals surface area contributed by atoms with Gasteiger partial charge in [0.05, 0.1) is 17.6 Å². The molecule has 2 aliphatic heterocycles. The summed E-state index contributed by atoms with van der Waals surface area (Å²) in [6.07, 6.45) is 5.51. The molecule has 0 saturated carbocycles. The van der Waals surface area contributed by atoms with E-state index >= 15 is 0 Å². The van der Waals surface area contributed by atoms with Crippen molar-refractivity contribution in [2.45, 2.75) is 53.0 Å². The Kier molecular flexibility index (Phi) is 5.51. The molecule has 0 bridgehead atoms. The lowest BCUT2D eigenvalue weighted by Crippen LogP contribution is -2.44. The first-order valence-corrected chi connectivity index (χ1v) is 9.84. The number of anilines is 1. The first-order chi connectivity index (χ1) is 12.3. The predicted molar refractivity (Wildman–Crippen MR) is 105 cm³/mol.